The van der Waals surface area contributed by atoms with Gasteiger partial charge in [-0.15, -0.1) is 0 Å². The maximum Gasteiger partial charge on any atom is 0.0857 e. The third kappa shape index (κ3) is 6.53. The molecule has 32 heavy (non-hydrogen) atoms. The van der Waals surface area contributed by atoms with Gasteiger partial charge in [0.25, 0.3) is 0 Å². The molecule has 0 aliphatic heterocycles. The molecule has 0 aliphatic rings. The number of hydrogen-bond donors (Lipinski definition) is 0. The molecule has 4 rings (SSSR count). The number of rotatable bonds is 2. The van der Waals surface area contributed by atoms with Crippen molar-refractivity contribution >= 4 is 43.2 Å². The van der Waals surface area contributed by atoms with Crippen molar-refractivity contribution in [2.45, 2.75) is 0 Å². The van der Waals surface area contributed by atoms with Crippen LogP contribution >= 0.6 is 31.9 Å². The molecule has 0 radical (unpaired) electrons. The Labute approximate surface area is 204 Å². The lowest BCUT2D eigenvalue weighted by Gasteiger charge is -1.96. The molecule has 0 atom stereocenters. The van der Waals surface area contributed by atoms with Gasteiger partial charge in [0.05, 0.1) is 11.4 Å². The lowest BCUT2D eigenvalue weighted by Crippen LogP contribution is -1.76. The summed E-state index contributed by atoms with van der Waals surface area (Å²) in [7, 11) is 0. The van der Waals surface area contributed by atoms with Crippen LogP contribution < -0.4 is 0 Å². The first kappa shape index (κ1) is 21.8. The molecule has 0 unspecified atom stereocenters. The Bertz CT molecular complexity index is 1240. The minimum Gasteiger partial charge on any atom is -0.151 e. The van der Waals surface area contributed by atoms with Crippen molar-refractivity contribution in [3.63, 3.8) is 0 Å². The summed E-state index contributed by atoms with van der Waals surface area (Å²) < 4.78 is 2.09. The summed E-state index contributed by atoms with van der Waals surface area (Å²) >= 11 is 6.85. The largest absolute Gasteiger partial charge is 0.151 e. The van der Waals surface area contributed by atoms with Gasteiger partial charge in [0, 0.05) is 31.2 Å². The minimum atomic E-state index is 0.776. The van der Waals surface area contributed by atoms with Gasteiger partial charge in [0.1, 0.15) is 0 Å². The first-order valence-corrected chi connectivity index (χ1v) is 11.4. The molecular weight excluding hydrogens is 524 g/mol. The summed E-state index contributed by atoms with van der Waals surface area (Å²) in [6.07, 6.45) is 0. The highest BCUT2D eigenvalue weighted by Gasteiger charge is 1.94. The van der Waals surface area contributed by atoms with Crippen LogP contribution in [0.4, 0.5) is 11.4 Å². The number of benzene rings is 4. The van der Waals surface area contributed by atoms with Gasteiger partial charge in [0.2, 0.25) is 0 Å². The summed E-state index contributed by atoms with van der Waals surface area (Å²) in [6.45, 7) is 0. The number of halogens is 2. The molecule has 0 amide bonds. The minimum absolute atomic E-state index is 0.776. The zero-order valence-corrected chi connectivity index (χ0v) is 20.1. The van der Waals surface area contributed by atoms with E-state index in [1.54, 1.807) is 0 Å². The van der Waals surface area contributed by atoms with Crippen LogP contribution in [0.25, 0.3) is 0 Å². The van der Waals surface area contributed by atoms with Crippen LogP contribution in [0.15, 0.2) is 116 Å². The van der Waals surface area contributed by atoms with Gasteiger partial charge >= 0.3 is 0 Å². The Morgan fingerprint density at radius 2 is 0.625 bits per heavy atom. The highest BCUT2D eigenvalue weighted by molar-refractivity contribution is 9.10. The Balaban J connectivity index is 1.38. The Morgan fingerprint density at radius 3 is 0.906 bits per heavy atom. The van der Waals surface area contributed by atoms with E-state index in [2.05, 4.69) is 65.8 Å². The van der Waals surface area contributed by atoms with E-state index in [1.165, 1.54) is 0 Å². The van der Waals surface area contributed by atoms with Crippen LogP contribution in [0.2, 0.25) is 0 Å². The van der Waals surface area contributed by atoms with Crippen LogP contribution in [-0.2, 0) is 0 Å². The van der Waals surface area contributed by atoms with E-state index in [4.69, 9.17) is 0 Å². The molecule has 0 aromatic heterocycles. The van der Waals surface area contributed by atoms with Crippen LogP contribution in [0.5, 0.6) is 0 Å². The molecule has 4 heteroatoms. The van der Waals surface area contributed by atoms with Crippen molar-refractivity contribution < 1.29 is 0 Å². The molecule has 152 valence electrons. The lowest BCUT2D eigenvalue weighted by molar-refractivity contribution is 1.23. The van der Waals surface area contributed by atoms with Crippen molar-refractivity contribution in [1.29, 1.82) is 0 Å². The fourth-order valence-corrected chi connectivity index (χ4v) is 3.22. The zero-order chi connectivity index (χ0) is 22.2. The van der Waals surface area contributed by atoms with Crippen molar-refractivity contribution in [2.24, 2.45) is 10.2 Å². The molecule has 4 aromatic rings. The third-order valence-electron chi connectivity index (χ3n) is 4.41. The normalized spacial score (nSPS) is 10.2. The topological polar surface area (TPSA) is 24.7 Å². The van der Waals surface area contributed by atoms with Crippen LogP contribution in [0.1, 0.15) is 22.3 Å². The molecule has 0 saturated carbocycles. The second-order valence-electron chi connectivity index (χ2n) is 6.81. The summed E-state index contributed by atoms with van der Waals surface area (Å²) in [5.74, 6) is 12.6. The quantitative estimate of drug-likeness (QED) is 0.180. The smallest absolute Gasteiger partial charge is 0.0857 e. The van der Waals surface area contributed by atoms with Crippen LogP contribution in [0.3, 0.4) is 0 Å². The predicted octanol–water partition coefficient (Wildman–Crippen LogP) is 8.43. The van der Waals surface area contributed by atoms with E-state index in [0.29, 0.717) is 0 Å². The maximum atomic E-state index is 4.31. The van der Waals surface area contributed by atoms with Gasteiger partial charge in [-0.2, -0.15) is 10.2 Å². The van der Waals surface area contributed by atoms with Crippen molar-refractivity contribution in [3.8, 4) is 23.7 Å². The van der Waals surface area contributed by atoms with Gasteiger partial charge in [-0.3, -0.25) is 0 Å². The standard InChI is InChI=1S/C28H16Br2N2/c29-25-13-5-21(6-14-25)1-3-23-9-17-27(18-10-23)31-32-28-19-11-24(12-20-28)4-2-22-7-15-26(30)16-8-22/h5-20H. The maximum absolute atomic E-state index is 4.31. The van der Waals surface area contributed by atoms with Gasteiger partial charge in [0.15, 0.2) is 0 Å². The number of azo groups is 1. The monoisotopic (exact) mass is 538 g/mol. The molecule has 0 N–H and O–H groups in total. The van der Waals surface area contributed by atoms with Gasteiger partial charge in [-0.1, -0.05) is 55.5 Å². The molecule has 0 heterocycles. The highest BCUT2D eigenvalue weighted by Crippen LogP contribution is 2.19. The third-order valence-corrected chi connectivity index (χ3v) is 5.46. The molecule has 0 fully saturated rings. The van der Waals surface area contributed by atoms with Crippen LogP contribution in [-0.4, -0.2) is 0 Å². The molecule has 0 aliphatic carbocycles. The molecule has 0 spiro atoms. The predicted molar refractivity (Wildman–Crippen MR) is 137 cm³/mol. The zero-order valence-electron chi connectivity index (χ0n) is 16.9. The van der Waals surface area contributed by atoms with Crippen molar-refractivity contribution in [2.75, 3.05) is 0 Å². The van der Waals surface area contributed by atoms with E-state index in [0.717, 1.165) is 42.6 Å². The average molecular weight is 540 g/mol. The summed E-state index contributed by atoms with van der Waals surface area (Å²) in [5, 5.41) is 8.62. The molecule has 4 aromatic carbocycles. The van der Waals surface area contributed by atoms with Crippen LogP contribution in [0, 0.1) is 23.7 Å². The number of hydrogen-bond acceptors (Lipinski definition) is 2. The summed E-state index contributed by atoms with van der Waals surface area (Å²) in [5.41, 5.74) is 5.36. The van der Waals surface area contributed by atoms with Gasteiger partial charge < -0.3 is 0 Å². The lowest BCUT2D eigenvalue weighted by atomic mass is 10.2. The fraction of sp³-hybridized carbons (Fsp3) is 0. The molecule has 0 saturated heterocycles. The Kier molecular flexibility index (Phi) is 7.31. The molecule has 2 nitrogen and oxygen atoms in total. The SMILES string of the molecule is Brc1ccc(C#Cc2ccc(N=Nc3ccc(C#Cc4ccc(Br)cc4)cc3)cc2)cc1. The fourth-order valence-electron chi connectivity index (χ4n) is 2.69. The first-order chi connectivity index (χ1) is 15.6. The summed E-state index contributed by atoms with van der Waals surface area (Å²) in [6, 6.07) is 31.3. The Morgan fingerprint density at radius 1 is 0.375 bits per heavy atom. The van der Waals surface area contributed by atoms with Crippen molar-refractivity contribution in [3.05, 3.63) is 128 Å². The van der Waals surface area contributed by atoms with Gasteiger partial charge in [-0.05, 0) is 97.1 Å². The first-order valence-electron chi connectivity index (χ1n) is 9.81. The van der Waals surface area contributed by atoms with E-state index >= 15 is 0 Å². The summed E-state index contributed by atoms with van der Waals surface area (Å²) in [4.78, 5) is 0. The number of nitrogens with zero attached hydrogens (tertiary/aromatic N) is 2. The van der Waals surface area contributed by atoms with E-state index < -0.39 is 0 Å². The Hall–Kier alpha value is -3.44. The van der Waals surface area contributed by atoms with E-state index in [1.807, 2.05) is 97.1 Å². The molecular formula is C28H16Br2N2. The van der Waals surface area contributed by atoms with Gasteiger partial charge in [-0.25, -0.2) is 0 Å². The van der Waals surface area contributed by atoms with E-state index in [9.17, 15) is 0 Å². The van der Waals surface area contributed by atoms with E-state index in [-0.39, 0.29) is 0 Å². The average Bonchev–Trinajstić information content (AvgIpc) is 2.83. The highest BCUT2D eigenvalue weighted by atomic mass is 79.9. The second-order valence-corrected chi connectivity index (χ2v) is 8.64. The van der Waals surface area contributed by atoms with Crippen molar-refractivity contribution in [1.82, 2.24) is 0 Å². The second kappa shape index (κ2) is 10.7. The molecule has 0 bridgehead atoms.